The Bertz CT molecular complexity index is 1090. The Morgan fingerprint density at radius 2 is 1.39 bits per heavy atom. The number of urea groups is 1. The van der Waals surface area contributed by atoms with Gasteiger partial charge in [0.1, 0.15) is 11.5 Å². The number of halogens is 1. The second-order valence-corrected chi connectivity index (χ2v) is 7.25. The van der Waals surface area contributed by atoms with Crippen LogP contribution >= 0.6 is 11.6 Å². The minimum Gasteiger partial charge on any atom is -0.494 e. The van der Waals surface area contributed by atoms with Crippen molar-refractivity contribution < 1.29 is 14.3 Å². The molecule has 3 aromatic carbocycles. The maximum absolute atomic E-state index is 12.4. The molecule has 1 aliphatic rings. The largest absolute Gasteiger partial charge is 0.494 e. The van der Waals surface area contributed by atoms with Crippen LogP contribution in [0.4, 0.5) is 10.5 Å². The van der Waals surface area contributed by atoms with Gasteiger partial charge in [0, 0.05) is 21.8 Å². The molecule has 0 atom stereocenters. The lowest BCUT2D eigenvalue weighted by molar-refractivity contribution is 0.252. The van der Waals surface area contributed by atoms with E-state index in [0.717, 1.165) is 33.8 Å². The van der Waals surface area contributed by atoms with Crippen molar-refractivity contribution >= 4 is 29.0 Å². The molecule has 0 saturated heterocycles. The van der Waals surface area contributed by atoms with Crippen molar-refractivity contribution in [3.8, 4) is 22.6 Å². The van der Waals surface area contributed by atoms with E-state index in [4.69, 9.17) is 21.1 Å². The number of hydrazone groups is 1. The predicted octanol–water partition coefficient (Wildman–Crippen LogP) is 5.69. The third-order valence-corrected chi connectivity index (χ3v) is 5.03. The summed E-state index contributed by atoms with van der Waals surface area (Å²) in [6, 6.07) is 18.2. The Kier molecular flexibility index (Phi) is 6.09. The zero-order valence-electron chi connectivity index (χ0n) is 17.2. The number of nitrogens with one attached hydrogen (secondary N) is 2. The van der Waals surface area contributed by atoms with Crippen molar-refractivity contribution in [2.45, 2.75) is 13.8 Å². The summed E-state index contributed by atoms with van der Waals surface area (Å²) < 4.78 is 11.3. The van der Waals surface area contributed by atoms with Gasteiger partial charge >= 0.3 is 6.03 Å². The van der Waals surface area contributed by atoms with E-state index in [-0.39, 0.29) is 0 Å². The van der Waals surface area contributed by atoms with E-state index >= 15 is 0 Å². The number of anilines is 1. The Labute approximate surface area is 185 Å². The minimum absolute atomic E-state index is 0.452. The Morgan fingerprint density at radius 3 is 1.90 bits per heavy atom. The van der Waals surface area contributed by atoms with Gasteiger partial charge in [0.25, 0.3) is 0 Å². The average Bonchev–Trinajstić information content (AvgIpc) is 3.06. The van der Waals surface area contributed by atoms with Crippen LogP contribution in [0.3, 0.4) is 0 Å². The van der Waals surface area contributed by atoms with Gasteiger partial charge in [-0.05, 0) is 85.6 Å². The molecule has 158 valence electrons. The third-order valence-electron chi connectivity index (χ3n) is 4.78. The van der Waals surface area contributed by atoms with E-state index in [0.29, 0.717) is 29.6 Å². The van der Waals surface area contributed by atoms with E-state index in [1.165, 1.54) is 0 Å². The number of amides is 2. The van der Waals surface area contributed by atoms with Crippen LogP contribution in [-0.2, 0) is 0 Å². The molecular formula is C24H22ClN3O3. The maximum Gasteiger partial charge on any atom is 0.339 e. The summed E-state index contributed by atoms with van der Waals surface area (Å²) >= 11 is 5.89. The lowest BCUT2D eigenvalue weighted by Gasteiger charge is -2.08. The fraction of sp³-hybridized carbons (Fsp3) is 0.167. The summed E-state index contributed by atoms with van der Waals surface area (Å²) in [6.07, 6.45) is 0. The predicted molar refractivity (Wildman–Crippen MR) is 123 cm³/mol. The maximum atomic E-state index is 12.4. The Morgan fingerprint density at radius 1 is 0.839 bits per heavy atom. The average molecular weight is 436 g/mol. The number of benzene rings is 3. The van der Waals surface area contributed by atoms with Gasteiger partial charge in [-0.1, -0.05) is 11.6 Å². The quantitative estimate of drug-likeness (QED) is 0.382. The summed E-state index contributed by atoms with van der Waals surface area (Å²) in [4.78, 5) is 12.4. The SMILES string of the molecule is CCOc1ccc2c(c1)C(=NNC(=O)Nc1ccc(Cl)cc1)c1cc(OCC)ccc1-2. The molecule has 4 rings (SSSR count). The highest BCUT2D eigenvalue weighted by molar-refractivity contribution is 6.30. The number of fused-ring (bicyclic) bond motifs is 3. The van der Waals surface area contributed by atoms with E-state index < -0.39 is 6.03 Å². The van der Waals surface area contributed by atoms with Crippen LogP contribution in [0, 0.1) is 0 Å². The second-order valence-electron chi connectivity index (χ2n) is 6.81. The number of hydrogen-bond donors (Lipinski definition) is 2. The third kappa shape index (κ3) is 4.49. The van der Waals surface area contributed by atoms with E-state index in [1.54, 1.807) is 24.3 Å². The molecule has 0 heterocycles. The van der Waals surface area contributed by atoms with Gasteiger partial charge in [-0.3, -0.25) is 0 Å². The van der Waals surface area contributed by atoms with Crippen molar-refractivity contribution in [3.63, 3.8) is 0 Å². The molecule has 0 aliphatic heterocycles. The highest BCUT2D eigenvalue weighted by atomic mass is 35.5. The first kappa shape index (κ1) is 20.8. The molecule has 3 aromatic rings. The Hall–Kier alpha value is -3.51. The fourth-order valence-corrected chi connectivity index (χ4v) is 3.61. The van der Waals surface area contributed by atoms with Crippen LogP contribution in [-0.4, -0.2) is 25.0 Å². The number of rotatable bonds is 6. The molecule has 0 fully saturated rings. The number of ether oxygens (including phenoxy) is 2. The molecule has 7 heteroatoms. The topological polar surface area (TPSA) is 72.0 Å². The van der Waals surface area contributed by atoms with E-state index in [1.807, 2.05) is 50.2 Å². The van der Waals surface area contributed by atoms with Gasteiger partial charge < -0.3 is 14.8 Å². The van der Waals surface area contributed by atoms with Crippen molar-refractivity contribution in [1.29, 1.82) is 0 Å². The van der Waals surface area contributed by atoms with Crippen molar-refractivity contribution in [2.75, 3.05) is 18.5 Å². The molecule has 0 aromatic heterocycles. The lowest BCUT2D eigenvalue weighted by atomic mass is 10.1. The molecule has 0 radical (unpaired) electrons. The first-order valence-electron chi connectivity index (χ1n) is 10.0. The van der Waals surface area contributed by atoms with Gasteiger partial charge in [0.2, 0.25) is 0 Å². The van der Waals surface area contributed by atoms with Crippen molar-refractivity contribution in [2.24, 2.45) is 5.10 Å². The van der Waals surface area contributed by atoms with Crippen LogP contribution in [0.5, 0.6) is 11.5 Å². The van der Waals surface area contributed by atoms with Crippen LogP contribution in [0.25, 0.3) is 11.1 Å². The van der Waals surface area contributed by atoms with Crippen LogP contribution < -0.4 is 20.2 Å². The minimum atomic E-state index is -0.452. The molecule has 0 spiro atoms. The van der Waals surface area contributed by atoms with Gasteiger partial charge in [-0.2, -0.15) is 5.10 Å². The Balaban J connectivity index is 1.66. The summed E-state index contributed by atoms with van der Waals surface area (Å²) in [7, 11) is 0. The lowest BCUT2D eigenvalue weighted by Crippen LogP contribution is -2.25. The van der Waals surface area contributed by atoms with Gasteiger partial charge in [0.05, 0.1) is 18.9 Å². The summed E-state index contributed by atoms with van der Waals surface area (Å²) in [5.74, 6) is 1.50. The summed E-state index contributed by atoms with van der Waals surface area (Å²) in [6.45, 7) is 5.00. The zero-order valence-corrected chi connectivity index (χ0v) is 18.0. The van der Waals surface area contributed by atoms with E-state index in [2.05, 4.69) is 15.8 Å². The van der Waals surface area contributed by atoms with Gasteiger partial charge in [-0.15, -0.1) is 0 Å². The molecular weight excluding hydrogens is 414 g/mol. The number of nitrogens with zero attached hydrogens (tertiary/aromatic N) is 1. The molecule has 2 amide bonds. The molecule has 6 nitrogen and oxygen atoms in total. The summed E-state index contributed by atoms with van der Waals surface area (Å²) in [5.41, 5.74) is 7.70. The number of carbonyl (C=O) groups is 1. The number of carbonyl (C=O) groups excluding carboxylic acids is 1. The van der Waals surface area contributed by atoms with Crippen LogP contribution in [0.2, 0.25) is 5.02 Å². The standard InChI is InChI=1S/C24H22ClN3O3/c1-3-30-17-9-11-19-20-12-10-18(31-4-2)14-22(20)23(21(19)13-17)27-28-24(29)26-16-7-5-15(25)6-8-16/h5-14H,3-4H2,1-2H3,(H2,26,28,29). The van der Waals surface area contributed by atoms with Crippen molar-refractivity contribution in [3.05, 3.63) is 76.8 Å². The summed E-state index contributed by atoms with van der Waals surface area (Å²) in [5, 5.41) is 7.78. The van der Waals surface area contributed by atoms with Crippen molar-refractivity contribution in [1.82, 2.24) is 5.43 Å². The highest BCUT2D eigenvalue weighted by Gasteiger charge is 2.26. The first-order valence-corrected chi connectivity index (χ1v) is 10.4. The molecule has 2 N–H and O–H groups in total. The van der Waals surface area contributed by atoms with Gasteiger partial charge in [0.15, 0.2) is 0 Å². The van der Waals surface area contributed by atoms with Crippen LogP contribution in [0.1, 0.15) is 25.0 Å². The molecule has 0 unspecified atom stereocenters. The number of hydrogen-bond acceptors (Lipinski definition) is 4. The smallest absolute Gasteiger partial charge is 0.339 e. The normalized spacial score (nSPS) is 11.4. The molecule has 0 bridgehead atoms. The molecule has 1 aliphatic carbocycles. The van der Waals surface area contributed by atoms with Gasteiger partial charge in [-0.25, -0.2) is 10.2 Å². The molecule has 0 saturated carbocycles. The zero-order chi connectivity index (χ0) is 21.8. The van der Waals surface area contributed by atoms with Crippen LogP contribution in [0.15, 0.2) is 65.8 Å². The fourth-order valence-electron chi connectivity index (χ4n) is 3.49. The second kappa shape index (κ2) is 9.10. The highest BCUT2D eigenvalue weighted by Crippen LogP contribution is 2.40. The van der Waals surface area contributed by atoms with E-state index in [9.17, 15) is 4.79 Å². The monoisotopic (exact) mass is 435 g/mol. The first-order chi connectivity index (χ1) is 15.1. The molecule has 31 heavy (non-hydrogen) atoms.